The second-order valence-corrected chi connectivity index (χ2v) is 5.60. The summed E-state index contributed by atoms with van der Waals surface area (Å²) in [5.74, 6) is 1.95. The lowest BCUT2D eigenvalue weighted by atomic mass is 10.2. The number of nitrogens with one attached hydrogen (secondary N) is 1. The molecule has 4 rings (SSSR count). The first kappa shape index (κ1) is 17.3. The topological polar surface area (TPSA) is 118 Å². The van der Waals surface area contributed by atoms with Crippen LogP contribution in [0.1, 0.15) is 0 Å². The third kappa shape index (κ3) is 3.43. The number of ether oxygens (including phenoxy) is 4. The molecule has 2 aromatic carbocycles. The summed E-state index contributed by atoms with van der Waals surface area (Å²) >= 11 is 0. The predicted octanol–water partition coefficient (Wildman–Crippen LogP) is 3.66. The zero-order valence-electron chi connectivity index (χ0n) is 14.6. The number of hydrogen-bond acceptors (Lipinski definition) is 9. The molecule has 3 aromatic rings. The third-order valence-corrected chi connectivity index (χ3v) is 3.88. The maximum Gasteiger partial charge on any atom is 0.373 e. The summed E-state index contributed by atoms with van der Waals surface area (Å²) in [6.07, 6.45) is 1.18. The van der Waals surface area contributed by atoms with E-state index in [0.717, 1.165) is 0 Å². The first-order valence-electron chi connectivity index (χ1n) is 8.12. The SMILES string of the molecule is COc1ccc(Oc2ncnc(Nc3ccc4c(c3)OCO4)c2[N+](=O)[O-])cc1. The average Bonchev–Trinajstić information content (AvgIpc) is 3.16. The lowest BCUT2D eigenvalue weighted by molar-refractivity contribution is -0.385. The van der Waals surface area contributed by atoms with Crippen LogP contribution in [0.3, 0.4) is 0 Å². The second kappa shape index (κ2) is 7.27. The van der Waals surface area contributed by atoms with Gasteiger partial charge in [0.1, 0.15) is 17.8 Å². The van der Waals surface area contributed by atoms with Gasteiger partial charge >= 0.3 is 11.6 Å². The number of benzene rings is 2. The smallest absolute Gasteiger partial charge is 0.373 e. The average molecular weight is 382 g/mol. The molecule has 0 atom stereocenters. The van der Waals surface area contributed by atoms with Crippen LogP contribution in [0.4, 0.5) is 17.2 Å². The van der Waals surface area contributed by atoms with Crippen molar-refractivity contribution in [2.45, 2.75) is 0 Å². The summed E-state index contributed by atoms with van der Waals surface area (Å²) < 4.78 is 21.2. The van der Waals surface area contributed by atoms with Gasteiger partial charge in [0.15, 0.2) is 11.5 Å². The van der Waals surface area contributed by atoms with Gasteiger partial charge in [-0.05, 0) is 36.4 Å². The fourth-order valence-electron chi connectivity index (χ4n) is 2.56. The van der Waals surface area contributed by atoms with E-state index in [1.807, 2.05) is 0 Å². The highest BCUT2D eigenvalue weighted by Gasteiger charge is 2.26. The number of methoxy groups -OCH3 is 1. The largest absolute Gasteiger partial charge is 0.497 e. The van der Waals surface area contributed by atoms with Crippen molar-refractivity contribution in [2.75, 3.05) is 19.2 Å². The molecule has 1 aliphatic heterocycles. The van der Waals surface area contributed by atoms with E-state index >= 15 is 0 Å². The van der Waals surface area contributed by atoms with Gasteiger partial charge in [0.05, 0.1) is 12.0 Å². The molecule has 10 heteroatoms. The Morgan fingerprint density at radius 2 is 1.82 bits per heavy atom. The van der Waals surface area contributed by atoms with Crippen LogP contribution in [-0.4, -0.2) is 28.8 Å². The second-order valence-electron chi connectivity index (χ2n) is 5.60. The molecule has 2 heterocycles. The van der Waals surface area contributed by atoms with Crippen molar-refractivity contribution in [3.8, 4) is 28.9 Å². The molecule has 1 aromatic heterocycles. The fraction of sp³-hybridized carbons (Fsp3) is 0.111. The summed E-state index contributed by atoms with van der Waals surface area (Å²) in [6.45, 7) is 0.131. The summed E-state index contributed by atoms with van der Waals surface area (Å²) in [7, 11) is 1.54. The fourth-order valence-corrected chi connectivity index (χ4v) is 2.56. The molecule has 28 heavy (non-hydrogen) atoms. The Bertz CT molecular complexity index is 1030. The first-order valence-corrected chi connectivity index (χ1v) is 8.12. The summed E-state index contributed by atoms with van der Waals surface area (Å²) in [5, 5.41) is 14.6. The van der Waals surface area contributed by atoms with E-state index in [1.54, 1.807) is 49.6 Å². The van der Waals surface area contributed by atoms with E-state index in [4.69, 9.17) is 18.9 Å². The number of fused-ring (bicyclic) bond motifs is 1. The highest BCUT2D eigenvalue weighted by Crippen LogP contribution is 2.38. The lowest BCUT2D eigenvalue weighted by Gasteiger charge is -2.10. The quantitative estimate of drug-likeness (QED) is 0.503. The van der Waals surface area contributed by atoms with Crippen molar-refractivity contribution in [1.82, 2.24) is 9.97 Å². The minimum Gasteiger partial charge on any atom is -0.497 e. The molecule has 0 radical (unpaired) electrons. The van der Waals surface area contributed by atoms with Gasteiger partial charge < -0.3 is 24.3 Å². The van der Waals surface area contributed by atoms with Crippen molar-refractivity contribution in [3.05, 3.63) is 58.9 Å². The van der Waals surface area contributed by atoms with Gasteiger partial charge in [-0.3, -0.25) is 10.1 Å². The van der Waals surface area contributed by atoms with Gasteiger partial charge in [0, 0.05) is 11.8 Å². The molecule has 0 aliphatic carbocycles. The summed E-state index contributed by atoms with van der Waals surface area (Å²) in [4.78, 5) is 18.9. The number of anilines is 2. The van der Waals surface area contributed by atoms with Crippen LogP contribution in [0.2, 0.25) is 0 Å². The van der Waals surface area contributed by atoms with E-state index in [-0.39, 0.29) is 18.5 Å². The molecule has 1 aliphatic rings. The number of aromatic nitrogens is 2. The van der Waals surface area contributed by atoms with E-state index in [9.17, 15) is 10.1 Å². The third-order valence-electron chi connectivity index (χ3n) is 3.88. The Labute approximate surface area is 158 Å². The molecule has 0 saturated heterocycles. The molecule has 1 N–H and O–H groups in total. The van der Waals surface area contributed by atoms with Crippen LogP contribution in [-0.2, 0) is 0 Å². The van der Waals surface area contributed by atoms with Gasteiger partial charge in [-0.1, -0.05) is 0 Å². The van der Waals surface area contributed by atoms with Crippen LogP contribution in [0.15, 0.2) is 48.8 Å². The van der Waals surface area contributed by atoms with Crippen LogP contribution in [0, 0.1) is 10.1 Å². The molecular formula is C18H14N4O6. The number of nitro groups is 1. The zero-order valence-corrected chi connectivity index (χ0v) is 14.6. The van der Waals surface area contributed by atoms with Crippen LogP contribution in [0.25, 0.3) is 0 Å². The van der Waals surface area contributed by atoms with Crippen molar-refractivity contribution in [1.29, 1.82) is 0 Å². The predicted molar refractivity (Wildman–Crippen MR) is 97.6 cm³/mol. The minimum atomic E-state index is -0.603. The van der Waals surface area contributed by atoms with Crippen LogP contribution < -0.4 is 24.3 Å². The summed E-state index contributed by atoms with van der Waals surface area (Å²) in [6, 6.07) is 11.7. The standard InChI is InChI=1S/C18H14N4O6/c1-25-12-3-5-13(6-4-12)28-18-16(22(23)24)17(19-9-20-18)21-11-2-7-14-15(8-11)27-10-26-14/h2-9H,10H2,1H3,(H,19,20,21). The Balaban J connectivity index is 1.64. The van der Waals surface area contributed by atoms with Gasteiger partial charge in [-0.2, -0.15) is 4.98 Å². The zero-order chi connectivity index (χ0) is 19.5. The molecule has 10 nitrogen and oxygen atoms in total. The first-order chi connectivity index (χ1) is 13.6. The van der Waals surface area contributed by atoms with Gasteiger partial charge in [-0.15, -0.1) is 0 Å². The Morgan fingerprint density at radius 1 is 1.07 bits per heavy atom. The maximum atomic E-state index is 11.7. The van der Waals surface area contributed by atoms with E-state index in [2.05, 4.69) is 15.3 Å². The Kier molecular flexibility index (Phi) is 4.50. The number of hydrogen-bond donors (Lipinski definition) is 1. The van der Waals surface area contributed by atoms with Gasteiger partial charge in [-0.25, -0.2) is 4.98 Å². The lowest BCUT2D eigenvalue weighted by Crippen LogP contribution is -2.03. The molecule has 0 bridgehead atoms. The molecule has 0 fully saturated rings. The Hall–Kier alpha value is -4.08. The monoisotopic (exact) mass is 382 g/mol. The van der Waals surface area contributed by atoms with Gasteiger partial charge in [0.2, 0.25) is 12.6 Å². The maximum absolute atomic E-state index is 11.7. The molecular weight excluding hydrogens is 368 g/mol. The normalized spacial score (nSPS) is 11.8. The highest BCUT2D eigenvalue weighted by atomic mass is 16.7. The van der Waals surface area contributed by atoms with Gasteiger partial charge in [0.25, 0.3) is 0 Å². The minimum absolute atomic E-state index is 0.0117. The number of rotatable bonds is 6. The van der Waals surface area contributed by atoms with Crippen molar-refractivity contribution >= 4 is 17.2 Å². The van der Waals surface area contributed by atoms with Crippen LogP contribution in [0.5, 0.6) is 28.9 Å². The van der Waals surface area contributed by atoms with Crippen molar-refractivity contribution < 1.29 is 23.9 Å². The Morgan fingerprint density at radius 3 is 2.57 bits per heavy atom. The molecule has 0 unspecified atom stereocenters. The molecule has 0 spiro atoms. The molecule has 0 saturated carbocycles. The number of nitrogens with zero attached hydrogens (tertiary/aromatic N) is 3. The van der Waals surface area contributed by atoms with Crippen molar-refractivity contribution in [3.63, 3.8) is 0 Å². The molecule has 0 amide bonds. The highest BCUT2D eigenvalue weighted by molar-refractivity contribution is 5.70. The van der Waals surface area contributed by atoms with Crippen LogP contribution >= 0.6 is 0 Å². The molecule has 142 valence electrons. The van der Waals surface area contributed by atoms with E-state index < -0.39 is 10.6 Å². The van der Waals surface area contributed by atoms with E-state index in [1.165, 1.54) is 6.33 Å². The van der Waals surface area contributed by atoms with E-state index in [0.29, 0.717) is 28.7 Å². The summed E-state index contributed by atoms with van der Waals surface area (Å²) in [5.41, 5.74) is 0.150. The van der Waals surface area contributed by atoms with Crippen molar-refractivity contribution in [2.24, 2.45) is 0 Å².